The van der Waals surface area contributed by atoms with Gasteiger partial charge < -0.3 is 9.30 Å². The number of carbonyl (C=O) groups excluding carboxylic acids is 1. The molecule has 2 heterocycles. The maximum Gasteiger partial charge on any atom is 0.191 e. The van der Waals surface area contributed by atoms with Crippen LogP contribution in [0.3, 0.4) is 0 Å². The van der Waals surface area contributed by atoms with Crippen molar-refractivity contribution in [2.24, 2.45) is 0 Å². The van der Waals surface area contributed by atoms with E-state index in [1.165, 1.54) is 31.0 Å². The minimum atomic E-state index is -0.546. The molecule has 0 bridgehead atoms. The number of thiophene rings is 1. The predicted octanol–water partition coefficient (Wildman–Crippen LogP) is 4.15. The van der Waals surface area contributed by atoms with Crippen molar-refractivity contribution in [2.75, 3.05) is 12.9 Å². The molecule has 0 saturated heterocycles. The van der Waals surface area contributed by atoms with Gasteiger partial charge in [-0.05, 0) is 36.6 Å². The first-order valence-corrected chi connectivity index (χ1v) is 9.47. The number of Topliss-reactive ketones (excluding diaryl/α,β-unsaturated/α-hetero) is 1. The van der Waals surface area contributed by atoms with Crippen molar-refractivity contribution in [3.8, 4) is 16.5 Å². The highest BCUT2D eigenvalue weighted by molar-refractivity contribution is 7.99. The molecule has 0 atom stereocenters. The van der Waals surface area contributed by atoms with Gasteiger partial charge in [-0.3, -0.25) is 4.79 Å². The fraction of sp³-hybridized carbons (Fsp3) is 0.235. The smallest absolute Gasteiger partial charge is 0.191 e. The van der Waals surface area contributed by atoms with Crippen LogP contribution in [0.2, 0.25) is 0 Å². The van der Waals surface area contributed by atoms with Crippen LogP contribution in [-0.4, -0.2) is 33.4 Å². The standard InChI is InChI=1S/C17H16FN3O2S2/c1-3-21-16(15-5-4-8-24-15)19-20-17(21)25-10-13(22)11-6-7-14(23-2)12(18)9-11/h4-9H,3,10H2,1-2H3. The molecule has 0 radical (unpaired) electrons. The molecule has 0 aliphatic rings. The lowest BCUT2D eigenvalue weighted by Gasteiger charge is -2.07. The highest BCUT2D eigenvalue weighted by Gasteiger charge is 2.16. The first kappa shape index (κ1) is 17.6. The van der Waals surface area contributed by atoms with Crippen LogP contribution >= 0.6 is 23.1 Å². The van der Waals surface area contributed by atoms with E-state index in [4.69, 9.17) is 4.74 Å². The molecular formula is C17H16FN3O2S2. The van der Waals surface area contributed by atoms with Crippen molar-refractivity contribution in [3.05, 3.63) is 47.1 Å². The van der Waals surface area contributed by atoms with E-state index >= 15 is 0 Å². The number of ketones is 1. The van der Waals surface area contributed by atoms with Gasteiger partial charge in [-0.2, -0.15) is 0 Å². The van der Waals surface area contributed by atoms with Gasteiger partial charge in [-0.15, -0.1) is 21.5 Å². The average molecular weight is 377 g/mol. The second-order valence-corrected chi connectivity index (χ2v) is 6.98. The van der Waals surface area contributed by atoms with E-state index in [0.29, 0.717) is 17.3 Å². The Kier molecular flexibility index (Phi) is 5.50. The molecule has 2 aromatic heterocycles. The van der Waals surface area contributed by atoms with Gasteiger partial charge in [0.25, 0.3) is 0 Å². The Morgan fingerprint density at radius 2 is 2.20 bits per heavy atom. The molecule has 0 saturated carbocycles. The Morgan fingerprint density at radius 3 is 2.84 bits per heavy atom. The first-order chi connectivity index (χ1) is 12.1. The monoisotopic (exact) mass is 377 g/mol. The SMILES string of the molecule is CCn1c(SCC(=O)c2ccc(OC)c(F)c2)nnc1-c1cccs1. The number of methoxy groups -OCH3 is 1. The van der Waals surface area contributed by atoms with Crippen molar-refractivity contribution < 1.29 is 13.9 Å². The third-order valence-electron chi connectivity index (χ3n) is 3.58. The molecule has 0 spiro atoms. The summed E-state index contributed by atoms with van der Waals surface area (Å²) in [6.45, 7) is 2.71. The van der Waals surface area contributed by atoms with Gasteiger partial charge in [0.15, 0.2) is 28.3 Å². The molecule has 3 rings (SSSR count). The summed E-state index contributed by atoms with van der Waals surface area (Å²) in [5.41, 5.74) is 0.312. The number of aromatic nitrogens is 3. The van der Waals surface area contributed by atoms with Crippen LogP contribution in [0.15, 0.2) is 40.9 Å². The molecule has 0 unspecified atom stereocenters. The van der Waals surface area contributed by atoms with Crippen molar-refractivity contribution in [1.82, 2.24) is 14.8 Å². The Hall–Kier alpha value is -2.19. The van der Waals surface area contributed by atoms with Crippen LogP contribution in [0.4, 0.5) is 4.39 Å². The maximum atomic E-state index is 13.7. The second kappa shape index (κ2) is 7.79. The number of rotatable bonds is 7. The molecule has 0 fully saturated rings. The molecule has 3 aromatic rings. The molecule has 0 amide bonds. The number of carbonyl (C=O) groups is 1. The normalized spacial score (nSPS) is 10.8. The van der Waals surface area contributed by atoms with E-state index in [0.717, 1.165) is 10.7 Å². The van der Waals surface area contributed by atoms with Crippen molar-refractivity contribution >= 4 is 28.9 Å². The topological polar surface area (TPSA) is 57.0 Å². The minimum absolute atomic E-state index is 0.121. The summed E-state index contributed by atoms with van der Waals surface area (Å²) in [6.07, 6.45) is 0. The number of hydrogen-bond acceptors (Lipinski definition) is 6. The fourth-order valence-corrected chi connectivity index (χ4v) is 3.94. The maximum absolute atomic E-state index is 13.7. The van der Waals surface area contributed by atoms with Gasteiger partial charge in [0.1, 0.15) is 0 Å². The minimum Gasteiger partial charge on any atom is -0.494 e. The van der Waals surface area contributed by atoms with Crippen LogP contribution in [0.5, 0.6) is 5.75 Å². The molecule has 0 aliphatic carbocycles. The highest BCUT2D eigenvalue weighted by Crippen LogP contribution is 2.27. The predicted molar refractivity (Wildman–Crippen MR) is 97.0 cm³/mol. The summed E-state index contributed by atoms with van der Waals surface area (Å²) >= 11 is 2.89. The molecule has 1 aromatic carbocycles. The number of halogens is 1. The molecule has 0 N–H and O–H groups in total. The zero-order valence-electron chi connectivity index (χ0n) is 13.7. The fourth-order valence-electron chi connectivity index (χ4n) is 2.32. The molecule has 130 valence electrons. The van der Waals surface area contributed by atoms with E-state index < -0.39 is 5.82 Å². The van der Waals surface area contributed by atoms with E-state index in [1.807, 2.05) is 29.0 Å². The van der Waals surface area contributed by atoms with E-state index in [-0.39, 0.29) is 17.3 Å². The number of nitrogens with zero attached hydrogens (tertiary/aromatic N) is 3. The van der Waals surface area contributed by atoms with Gasteiger partial charge in [-0.1, -0.05) is 17.8 Å². The number of hydrogen-bond donors (Lipinski definition) is 0. The molecule has 0 aliphatic heterocycles. The lowest BCUT2D eigenvalue weighted by molar-refractivity contribution is 0.102. The quantitative estimate of drug-likeness (QED) is 0.457. The first-order valence-electron chi connectivity index (χ1n) is 7.60. The van der Waals surface area contributed by atoms with E-state index in [2.05, 4.69) is 10.2 Å². The van der Waals surface area contributed by atoms with Gasteiger partial charge in [0, 0.05) is 12.1 Å². The van der Waals surface area contributed by atoms with Crippen LogP contribution in [0.1, 0.15) is 17.3 Å². The van der Waals surface area contributed by atoms with Gasteiger partial charge in [0.2, 0.25) is 0 Å². The summed E-state index contributed by atoms with van der Waals surface area (Å²) < 4.78 is 20.6. The highest BCUT2D eigenvalue weighted by atomic mass is 32.2. The van der Waals surface area contributed by atoms with Gasteiger partial charge in [0.05, 0.1) is 17.7 Å². The number of thioether (sulfide) groups is 1. The Labute approximate surface area is 152 Å². The summed E-state index contributed by atoms with van der Waals surface area (Å²) in [4.78, 5) is 13.4. The second-order valence-electron chi connectivity index (χ2n) is 5.09. The summed E-state index contributed by atoms with van der Waals surface area (Å²) in [6, 6.07) is 8.16. The summed E-state index contributed by atoms with van der Waals surface area (Å²) in [5, 5.41) is 11.1. The van der Waals surface area contributed by atoms with Gasteiger partial charge in [-0.25, -0.2) is 4.39 Å². The Bertz CT molecular complexity index is 878. The van der Waals surface area contributed by atoms with Crippen LogP contribution in [0.25, 0.3) is 10.7 Å². The molecule has 25 heavy (non-hydrogen) atoms. The lowest BCUT2D eigenvalue weighted by Crippen LogP contribution is -2.05. The third-order valence-corrected chi connectivity index (χ3v) is 5.41. The van der Waals surface area contributed by atoms with Crippen molar-refractivity contribution in [3.63, 3.8) is 0 Å². The molecule has 5 nitrogen and oxygen atoms in total. The Morgan fingerprint density at radius 1 is 1.36 bits per heavy atom. The Balaban J connectivity index is 1.73. The lowest BCUT2D eigenvalue weighted by atomic mass is 10.1. The number of ether oxygens (including phenoxy) is 1. The van der Waals surface area contributed by atoms with Crippen LogP contribution < -0.4 is 4.74 Å². The summed E-state index contributed by atoms with van der Waals surface area (Å²) in [5.74, 6) is 0.359. The van der Waals surface area contributed by atoms with Crippen LogP contribution in [-0.2, 0) is 6.54 Å². The average Bonchev–Trinajstić information content (AvgIpc) is 3.28. The zero-order valence-corrected chi connectivity index (χ0v) is 15.4. The molecular weight excluding hydrogens is 361 g/mol. The van der Waals surface area contributed by atoms with Gasteiger partial charge >= 0.3 is 0 Å². The van der Waals surface area contributed by atoms with Crippen molar-refractivity contribution in [2.45, 2.75) is 18.6 Å². The third kappa shape index (κ3) is 3.74. The van der Waals surface area contributed by atoms with E-state index in [9.17, 15) is 9.18 Å². The largest absolute Gasteiger partial charge is 0.494 e. The summed E-state index contributed by atoms with van der Waals surface area (Å²) in [7, 11) is 1.39. The number of benzene rings is 1. The van der Waals surface area contributed by atoms with E-state index in [1.54, 1.807) is 17.4 Å². The van der Waals surface area contributed by atoms with Crippen molar-refractivity contribution in [1.29, 1.82) is 0 Å². The zero-order chi connectivity index (χ0) is 17.8. The molecule has 8 heteroatoms. The van der Waals surface area contributed by atoms with Crippen LogP contribution in [0, 0.1) is 5.82 Å².